The fourth-order valence-electron chi connectivity index (χ4n) is 3.69. The topological polar surface area (TPSA) is 67.2 Å². The molecular formula is C22H23FN4O2. The van der Waals surface area contributed by atoms with E-state index in [0.717, 1.165) is 25.9 Å². The van der Waals surface area contributed by atoms with Crippen molar-refractivity contribution in [2.24, 2.45) is 0 Å². The lowest BCUT2D eigenvalue weighted by atomic mass is 10.1. The maximum atomic E-state index is 13.1. The normalized spacial score (nSPS) is 14.8. The molecule has 29 heavy (non-hydrogen) atoms. The minimum atomic E-state index is -0.373. The van der Waals surface area contributed by atoms with E-state index in [1.165, 1.54) is 35.3 Å². The van der Waals surface area contributed by atoms with Crippen LogP contribution in [0.3, 0.4) is 0 Å². The van der Waals surface area contributed by atoms with Crippen molar-refractivity contribution < 1.29 is 9.18 Å². The SMILES string of the molecule is O=C(Cn1c(CN2CCCCC2)nc2ccccc2c1=O)Nc1ccc(F)cc1. The number of halogens is 1. The van der Waals surface area contributed by atoms with E-state index in [0.29, 0.717) is 29.0 Å². The van der Waals surface area contributed by atoms with Gasteiger partial charge < -0.3 is 5.32 Å². The number of aromatic nitrogens is 2. The summed E-state index contributed by atoms with van der Waals surface area (Å²) >= 11 is 0. The molecule has 150 valence electrons. The predicted octanol–water partition coefficient (Wildman–Crippen LogP) is 3.16. The smallest absolute Gasteiger partial charge is 0.261 e. The van der Waals surface area contributed by atoms with Crippen LogP contribution in [0.1, 0.15) is 25.1 Å². The molecule has 0 bridgehead atoms. The van der Waals surface area contributed by atoms with E-state index in [-0.39, 0.29) is 23.8 Å². The molecule has 1 amide bonds. The monoisotopic (exact) mass is 394 g/mol. The molecule has 0 radical (unpaired) electrons. The zero-order valence-corrected chi connectivity index (χ0v) is 16.1. The van der Waals surface area contributed by atoms with Crippen LogP contribution in [0.5, 0.6) is 0 Å². The number of likely N-dealkylation sites (tertiary alicyclic amines) is 1. The lowest BCUT2D eigenvalue weighted by molar-refractivity contribution is -0.116. The number of piperidine rings is 1. The zero-order valence-electron chi connectivity index (χ0n) is 16.1. The van der Waals surface area contributed by atoms with Gasteiger partial charge in [-0.3, -0.25) is 19.1 Å². The molecule has 1 N–H and O–H groups in total. The minimum Gasteiger partial charge on any atom is -0.325 e. The Balaban J connectivity index is 1.64. The number of carbonyl (C=O) groups is 1. The van der Waals surface area contributed by atoms with Crippen molar-refractivity contribution in [3.63, 3.8) is 0 Å². The van der Waals surface area contributed by atoms with Crippen LogP contribution in [0.25, 0.3) is 10.9 Å². The maximum absolute atomic E-state index is 13.1. The molecule has 0 saturated carbocycles. The largest absolute Gasteiger partial charge is 0.325 e. The van der Waals surface area contributed by atoms with Gasteiger partial charge in [0, 0.05) is 5.69 Å². The van der Waals surface area contributed by atoms with Crippen molar-refractivity contribution in [1.82, 2.24) is 14.5 Å². The first-order chi connectivity index (χ1) is 14.1. The molecule has 3 aromatic rings. The van der Waals surface area contributed by atoms with Gasteiger partial charge in [0.15, 0.2) is 0 Å². The van der Waals surface area contributed by atoms with Crippen LogP contribution in [0, 0.1) is 5.82 Å². The first kappa shape index (κ1) is 19.3. The third kappa shape index (κ3) is 4.51. The van der Waals surface area contributed by atoms with Crippen LogP contribution in [-0.2, 0) is 17.9 Å². The summed E-state index contributed by atoms with van der Waals surface area (Å²) in [6, 6.07) is 12.7. The van der Waals surface area contributed by atoms with Gasteiger partial charge in [-0.2, -0.15) is 0 Å². The van der Waals surface area contributed by atoms with Crippen molar-refractivity contribution >= 4 is 22.5 Å². The van der Waals surface area contributed by atoms with Crippen LogP contribution in [0.4, 0.5) is 10.1 Å². The van der Waals surface area contributed by atoms with Gasteiger partial charge in [-0.25, -0.2) is 9.37 Å². The van der Waals surface area contributed by atoms with E-state index < -0.39 is 0 Å². The summed E-state index contributed by atoms with van der Waals surface area (Å²) < 4.78 is 14.5. The Labute approximate surface area is 168 Å². The molecule has 1 fully saturated rings. The number of nitrogens with one attached hydrogen (secondary N) is 1. The quantitative estimate of drug-likeness (QED) is 0.722. The van der Waals surface area contributed by atoms with E-state index in [9.17, 15) is 14.0 Å². The summed E-state index contributed by atoms with van der Waals surface area (Å²) in [6.45, 7) is 2.32. The Hall–Kier alpha value is -3.06. The average molecular weight is 394 g/mol. The number of benzene rings is 2. The highest BCUT2D eigenvalue weighted by molar-refractivity contribution is 5.90. The Morgan fingerprint density at radius 1 is 1.03 bits per heavy atom. The molecular weight excluding hydrogens is 371 g/mol. The second-order valence-electron chi connectivity index (χ2n) is 7.33. The van der Waals surface area contributed by atoms with Gasteiger partial charge in [-0.1, -0.05) is 18.6 Å². The predicted molar refractivity (Wildman–Crippen MR) is 110 cm³/mol. The molecule has 1 aliphatic heterocycles. The number of carbonyl (C=O) groups excluding carboxylic acids is 1. The van der Waals surface area contributed by atoms with Crippen LogP contribution in [0.15, 0.2) is 53.3 Å². The summed E-state index contributed by atoms with van der Waals surface area (Å²) in [5, 5.41) is 3.21. The van der Waals surface area contributed by atoms with Crippen LogP contribution >= 0.6 is 0 Å². The molecule has 1 saturated heterocycles. The first-order valence-corrected chi connectivity index (χ1v) is 9.86. The Kier molecular flexibility index (Phi) is 5.67. The number of nitrogens with zero attached hydrogens (tertiary/aromatic N) is 3. The van der Waals surface area contributed by atoms with Gasteiger partial charge in [0.05, 0.1) is 17.4 Å². The maximum Gasteiger partial charge on any atom is 0.261 e. The van der Waals surface area contributed by atoms with Gasteiger partial charge in [-0.15, -0.1) is 0 Å². The fourth-order valence-corrected chi connectivity index (χ4v) is 3.69. The van der Waals surface area contributed by atoms with E-state index in [1.54, 1.807) is 12.1 Å². The summed E-state index contributed by atoms with van der Waals surface area (Å²) in [5.41, 5.74) is 0.896. The molecule has 2 aromatic carbocycles. The number of para-hydroxylation sites is 1. The number of hydrogen-bond acceptors (Lipinski definition) is 4. The summed E-state index contributed by atoms with van der Waals surface area (Å²) in [7, 11) is 0. The number of hydrogen-bond donors (Lipinski definition) is 1. The van der Waals surface area contributed by atoms with Crippen molar-refractivity contribution in [3.05, 3.63) is 70.5 Å². The van der Waals surface area contributed by atoms with E-state index in [2.05, 4.69) is 10.2 Å². The Bertz CT molecular complexity index is 1070. The highest BCUT2D eigenvalue weighted by atomic mass is 19.1. The van der Waals surface area contributed by atoms with Crippen molar-refractivity contribution in [2.75, 3.05) is 18.4 Å². The molecule has 1 aliphatic rings. The number of anilines is 1. The van der Waals surface area contributed by atoms with Crippen molar-refractivity contribution in [3.8, 4) is 0 Å². The number of rotatable bonds is 5. The molecule has 0 atom stereocenters. The zero-order chi connectivity index (χ0) is 20.2. The molecule has 0 unspecified atom stereocenters. The second kappa shape index (κ2) is 8.53. The number of fused-ring (bicyclic) bond motifs is 1. The van der Waals surface area contributed by atoms with Gasteiger partial charge >= 0.3 is 0 Å². The van der Waals surface area contributed by atoms with Gasteiger partial charge in [0.2, 0.25) is 5.91 Å². The average Bonchev–Trinajstić information content (AvgIpc) is 2.73. The minimum absolute atomic E-state index is 0.142. The van der Waals surface area contributed by atoms with Gasteiger partial charge in [0.25, 0.3) is 5.56 Å². The number of amides is 1. The second-order valence-corrected chi connectivity index (χ2v) is 7.33. The molecule has 6 nitrogen and oxygen atoms in total. The highest BCUT2D eigenvalue weighted by Gasteiger charge is 2.18. The standard InChI is InChI=1S/C22H23FN4O2/c23-16-8-10-17(11-9-16)24-21(28)15-27-20(14-26-12-4-1-5-13-26)25-19-7-3-2-6-18(19)22(27)29/h2-3,6-11H,1,4-5,12-15H2,(H,24,28). The molecule has 0 aliphatic carbocycles. The third-order valence-corrected chi connectivity index (χ3v) is 5.18. The van der Waals surface area contributed by atoms with Crippen molar-refractivity contribution in [2.45, 2.75) is 32.4 Å². The molecule has 7 heteroatoms. The lowest BCUT2D eigenvalue weighted by Crippen LogP contribution is -2.36. The third-order valence-electron chi connectivity index (χ3n) is 5.18. The Morgan fingerprint density at radius 2 is 1.76 bits per heavy atom. The van der Waals surface area contributed by atoms with E-state index in [1.807, 2.05) is 12.1 Å². The highest BCUT2D eigenvalue weighted by Crippen LogP contribution is 2.14. The van der Waals surface area contributed by atoms with E-state index >= 15 is 0 Å². The Morgan fingerprint density at radius 3 is 2.52 bits per heavy atom. The van der Waals surface area contributed by atoms with Crippen LogP contribution in [0.2, 0.25) is 0 Å². The van der Waals surface area contributed by atoms with E-state index in [4.69, 9.17) is 4.98 Å². The lowest BCUT2D eigenvalue weighted by Gasteiger charge is -2.27. The van der Waals surface area contributed by atoms with Crippen molar-refractivity contribution in [1.29, 1.82) is 0 Å². The van der Waals surface area contributed by atoms with Gasteiger partial charge in [0.1, 0.15) is 18.2 Å². The molecule has 4 rings (SSSR count). The summed E-state index contributed by atoms with van der Waals surface area (Å²) in [4.78, 5) is 32.7. The fraction of sp³-hybridized carbons (Fsp3) is 0.318. The summed E-state index contributed by atoms with van der Waals surface area (Å²) in [5.74, 6) is -0.137. The van der Waals surface area contributed by atoms with Crippen LogP contribution in [-0.4, -0.2) is 33.4 Å². The molecule has 0 spiro atoms. The summed E-state index contributed by atoms with van der Waals surface area (Å²) in [6.07, 6.45) is 3.47. The van der Waals surface area contributed by atoms with Gasteiger partial charge in [-0.05, 0) is 62.3 Å². The molecule has 2 heterocycles. The van der Waals surface area contributed by atoms with Crippen LogP contribution < -0.4 is 10.9 Å². The first-order valence-electron chi connectivity index (χ1n) is 9.86. The molecule has 1 aromatic heterocycles.